The Labute approximate surface area is 137 Å². The molecule has 5 nitrogen and oxygen atoms in total. The maximum atomic E-state index is 12.3. The molecule has 2 amide bonds. The van der Waals surface area contributed by atoms with Gasteiger partial charge in [0, 0.05) is 24.8 Å². The summed E-state index contributed by atoms with van der Waals surface area (Å²) >= 11 is 0. The fourth-order valence-electron chi connectivity index (χ4n) is 3.39. The van der Waals surface area contributed by atoms with E-state index < -0.39 is 0 Å². The molecule has 1 aromatic carbocycles. The summed E-state index contributed by atoms with van der Waals surface area (Å²) in [5.41, 5.74) is 3.44. The lowest BCUT2D eigenvalue weighted by atomic mass is 9.93. The van der Waals surface area contributed by atoms with E-state index in [2.05, 4.69) is 43.5 Å². The standard InChI is InChI=1S/C18H26N2O3/c1-11-4-5-15-16(10-23-17(15)12(11)2)20-18(21)19-13(3)14-6-8-22-9-7-14/h4-5,13-14,16H,6-10H2,1-3H3,(H2,19,20,21)/t13-,16+/m0/s1. The highest BCUT2D eigenvalue weighted by atomic mass is 16.5. The Hall–Kier alpha value is -1.75. The van der Waals surface area contributed by atoms with Crippen LogP contribution < -0.4 is 15.4 Å². The number of nitrogens with one attached hydrogen (secondary N) is 2. The zero-order chi connectivity index (χ0) is 16.4. The van der Waals surface area contributed by atoms with E-state index >= 15 is 0 Å². The first-order valence-corrected chi connectivity index (χ1v) is 8.44. The van der Waals surface area contributed by atoms with Crippen molar-refractivity contribution in [2.45, 2.75) is 45.7 Å². The number of aryl methyl sites for hydroxylation is 1. The van der Waals surface area contributed by atoms with Crippen molar-refractivity contribution in [3.05, 3.63) is 28.8 Å². The van der Waals surface area contributed by atoms with Gasteiger partial charge in [-0.05, 0) is 50.7 Å². The van der Waals surface area contributed by atoms with E-state index in [9.17, 15) is 4.79 Å². The Balaban J connectivity index is 1.58. The molecule has 0 spiro atoms. The first-order valence-electron chi connectivity index (χ1n) is 8.44. The summed E-state index contributed by atoms with van der Waals surface area (Å²) in [5, 5.41) is 6.12. The van der Waals surface area contributed by atoms with Crippen LogP contribution in [0.3, 0.4) is 0 Å². The van der Waals surface area contributed by atoms with E-state index in [1.165, 1.54) is 5.56 Å². The molecule has 2 aliphatic heterocycles. The number of fused-ring (bicyclic) bond motifs is 1. The molecule has 2 aliphatic rings. The Morgan fingerprint density at radius 3 is 2.74 bits per heavy atom. The third-order valence-corrected chi connectivity index (χ3v) is 5.11. The number of hydrogen-bond acceptors (Lipinski definition) is 3. The van der Waals surface area contributed by atoms with Crippen LogP contribution in [0.4, 0.5) is 4.79 Å². The minimum Gasteiger partial charge on any atom is -0.490 e. The molecule has 0 aromatic heterocycles. The molecule has 0 unspecified atom stereocenters. The summed E-state index contributed by atoms with van der Waals surface area (Å²) in [6, 6.07) is 4.09. The summed E-state index contributed by atoms with van der Waals surface area (Å²) < 4.78 is 11.2. The lowest BCUT2D eigenvalue weighted by Crippen LogP contribution is -2.46. The summed E-state index contributed by atoms with van der Waals surface area (Å²) in [5.74, 6) is 1.42. The third kappa shape index (κ3) is 3.44. The lowest BCUT2D eigenvalue weighted by molar-refractivity contribution is 0.0570. The average Bonchev–Trinajstić information content (AvgIpc) is 2.95. The molecule has 1 fully saturated rings. The van der Waals surface area contributed by atoms with E-state index in [1.807, 2.05) is 0 Å². The highest BCUT2D eigenvalue weighted by Gasteiger charge is 2.28. The Kier molecular flexibility index (Phi) is 4.76. The number of urea groups is 1. The topological polar surface area (TPSA) is 59.6 Å². The number of rotatable bonds is 3. The monoisotopic (exact) mass is 318 g/mol. The van der Waals surface area contributed by atoms with Crippen LogP contribution in [0, 0.1) is 19.8 Å². The van der Waals surface area contributed by atoms with Gasteiger partial charge in [0.05, 0.1) is 6.04 Å². The predicted octanol–water partition coefficient (Wildman–Crippen LogP) is 2.85. The van der Waals surface area contributed by atoms with Gasteiger partial charge in [-0.3, -0.25) is 0 Å². The highest BCUT2D eigenvalue weighted by molar-refractivity contribution is 5.75. The van der Waals surface area contributed by atoms with Crippen LogP contribution in [0.5, 0.6) is 5.75 Å². The van der Waals surface area contributed by atoms with Gasteiger partial charge in [-0.2, -0.15) is 0 Å². The normalized spacial score (nSPS) is 22.1. The van der Waals surface area contributed by atoms with Crippen LogP contribution in [0.2, 0.25) is 0 Å². The van der Waals surface area contributed by atoms with Gasteiger partial charge in [0.25, 0.3) is 0 Å². The highest BCUT2D eigenvalue weighted by Crippen LogP contribution is 2.36. The van der Waals surface area contributed by atoms with Crippen molar-refractivity contribution in [1.82, 2.24) is 10.6 Å². The molecule has 2 atom stereocenters. The molecule has 0 saturated carbocycles. The van der Waals surface area contributed by atoms with Gasteiger partial charge in [0.1, 0.15) is 12.4 Å². The molecule has 0 bridgehead atoms. The van der Waals surface area contributed by atoms with Crippen LogP contribution in [-0.2, 0) is 4.74 Å². The van der Waals surface area contributed by atoms with Crippen molar-refractivity contribution in [2.24, 2.45) is 5.92 Å². The Bertz CT molecular complexity index is 582. The molecule has 3 rings (SSSR count). The van der Waals surface area contributed by atoms with Gasteiger partial charge in [0.2, 0.25) is 0 Å². The summed E-state index contributed by atoms with van der Waals surface area (Å²) in [7, 11) is 0. The van der Waals surface area contributed by atoms with Gasteiger partial charge in [-0.1, -0.05) is 12.1 Å². The molecule has 5 heteroatoms. The number of carbonyl (C=O) groups excluding carboxylic acids is 1. The van der Waals surface area contributed by atoms with E-state index in [0.717, 1.165) is 42.9 Å². The van der Waals surface area contributed by atoms with E-state index in [1.54, 1.807) is 0 Å². The third-order valence-electron chi connectivity index (χ3n) is 5.11. The van der Waals surface area contributed by atoms with Gasteiger partial charge < -0.3 is 20.1 Å². The summed E-state index contributed by atoms with van der Waals surface area (Å²) in [6.45, 7) is 8.29. The van der Waals surface area contributed by atoms with E-state index in [-0.39, 0.29) is 18.1 Å². The predicted molar refractivity (Wildman–Crippen MR) is 88.8 cm³/mol. The van der Waals surface area contributed by atoms with Crippen LogP contribution in [0.15, 0.2) is 12.1 Å². The summed E-state index contributed by atoms with van der Waals surface area (Å²) in [4.78, 5) is 12.3. The van der Waals surface area contributed by atoms with Crippen LogP contribution >= 0.6 is 0 Å². The van der Waals surface area contributed by atoms with Crippen molar-refractivity contribution in [1.29, 1.82) is 0 Å². The largest absolute Gasteiger partial charge is 0.490 e. The van der Waals surface area contributed by atoms with Crippen LogP contribution in [-0.4, -0.2) is 31.9 Å². The van der Waals surface area contributed by atoms with Crippen molar-refractivity contribution in [3.8, 4) is 5.75 Å². The quantitative estimate of drug-likeness (QED) is 0.901. The van der Waals surface area contributed by atoms with Gasteiger partial charge >= 0.3 is 6.03 Å². The molecule has 2 N–H and O–H groups in total. The number of hydrogen-bond donors (Lipinski definition) is 2. The van der Waals surface area contributed by atoms with Crippen molar-refractivity contribution < 1.29 is 14.3 Å². The average molecular weight is 318 g/mol. The molecule has 0 aliphatic carbocycles. The zero-order valence-corrected chi connectivity index (χ0v) is 14.1. The van der Waals surface area contributed by atoms with E-state index in [0.29, 0.717) is 12.5 Å². The second-order valence-corrected chi connectivity index (χ2v) is 6.65. The minimum atomic E-state index is -0.122. The maximum absolute atomic E-state index is 12.3. The summed E-state index contributed by atoms with van der Waals surface area (Å²) in [6.07, 6.45) is 2.02. The van der Waals surface area contributed by atoms with Crippen molar-refractivity contribution >= 4 is 6.03 Å². The SMILES string of the molecule is Cc1ccc2c(c1C)OC[C@H]2NC(=O)N[C@@H](C)C1CCOCC1. The molecule has 2 heterocycles. The molecule has 23 heavy (non-hydrogen) atoms. The van der Waals surface area contributed by atoms with Gasteiger partial charge in [-0.15, -0.1) is 0 Å². The van der Waals surface area contributed by atoms with Crippen molar-refractivity contribution in [2.75, 3.05) is 19.8 Å². The molecule has 0 radical (unpaired) electrons. The van der Waals surface area contributed by atoms with Crippen LogP contribution in [0.25, 0.3) is 0 Å². The minimum absolute atomic E-state index is 0.0776. The van der Waals surface area contributed by atoms with Crippen LogP contribution in [0.1, 0.15) is 42.5 Å². The Morgan fingerprint density at radius 1 is 1.26 bits per heavy atom. The fourth-order valence-corrected chi connectivity index (χ4v) is 3.39. The van der Waals surface area contributed by atoms with Gasteiger partial charge in [-0.25, -0.2) is 4.79 Å². The number of benzene rings is 1. The molecule has 126 valence electrons. The van der Waals surface area contributed by atoms with Gasteiger partial charge in [0.15, 0.2) is 0 Å². The van der Waals surface area contributed by atoms with E-state index in [4.69, 9.17) is 9.47 Å². The Morgan fingerprint density at radius 2 is 2.00 bits per heavy atom. The molecular formula is C18H26N2O3. The molecule has 1 saturated heterocycles. The lowest BCUT2D eigenvalue weighted by Gasteiger charge is -2.28. The fraction of sp³-hybridized carbons (Fsp3) is 0.611. The number of carbonyl (C=O) groups is 1. The smallest absolute Gasteiger partial charge is 0.315 e. The number of ether oxygens (including phenoxy) is 2. The number of amides is 2. The zero-order valence-electron chi connectivity index (χ0n) is 14.1. The second kappa shape index (κ2) is 6.79. The molecular weight excluding hydrogens is 292 g/mol. The second-order valence-electron chi connectivity index (χ2n) is 6.65. The molecule has 1 aromatic rings. The first-order chi connectivity index (χ1) is 11.1. The first kappa shape index (κ1) is 16.1. The van der Waals surface area contributed by atoms with Crippen molar-refractivity contribution in [3.63, 3.8) is 0 Å². The maximum Gasteiger partial charge on any atom is 0.315 e.